The molecule has 0 nitrogen and oxygen atoms in total. The minimum absolute atomic E-state index is 0.101. The van der Waals surface area contributed by atoms with Crippen LogP contribution >= 0.6 is 0 Å². The summed E-state index contributed by atoms with van der Waals surface area (Å²) in [6, 6.07) is 14.3. The number of hydrogen-bond donors (Lipinski definition) is 0. The average Bonchev–Trinajstić information content (AvgIpc) is 2.46. The Kier molecular flexibility index (Phi) is 4.05. The summed E-state index contributed by atoms with van der Waals surface area (Å²) in [7, 11) is 0. The second-order valence-electron chi connectivity index (χ2n) is 6.87. The molecule has 0 heterocycles. The van der Waals surface area contributed by atoms with E-state index in [0.29, 0.717) is 6.42 Å². The molecule has 0 saturated carbocycles. The Morgan fingerprint density at radius 1 is 0.905 bits per heavy atom. The Morgan fingerprint density at radius 3 is 2.00 bits per heavy atom. The van der Waals surface area contributed by atoms with E-state index >= 15 is 0 Å². The second kappa shape index (κ2) is 6.47. The molecule has 0 aromatic heterocycles. The maximum Gasteiger partial charge on any atom is 0.0316 e. The zero-order valence-electron chi connectivity index (χ0n) is 16.0. The molecule has 0 heteroatoms. The molecule has 0 fully saturated rings. The van der Waals surface area contributed by atoms with Crippen molar-refractivity contribution in [3.63, 3.8) is 0 Å². The minimum Gasteiger partial charge on any atom is -0.0617 e. The van der Waals surface area contributed by atoms with Crippen LogP contribution in [0.4, 0.5) is 0 Å². The van der Waals surface area contributed by atoms with Gasteiger partial charge in [-0.1, -0.05) is 63.2 Å². The molecule has 0 aliphatic rings. The lowest BCUT2D eigenvalue weighted by Crippen LogP contribution is -2.10. The van der Waals surface area contributed by atoms with E-state index in [1.807, 2.05) is 12.1 Å². The summed E-state index contributed by atoms with van der Waals surface area (Å²) in [6.07, 6.45) is -0.0226. The summed E-state index contributed by atoms with van der Waals surface area (Å²) < 4.78 is 16.9. The van der Waals surface area contributed by atoms with Gasteiger partial charge in [-0.15, -0.1) is 0 Å². The van der Waals surface area contributed by atoms with Gasteiger partial charge in [0.25, 0.3) is 0 Å². The molecule has 2 aromatic rings. The summed E-state index contributed by atoms with van der Waals surface area (Å²) in [5, 5.41) is 0. The standard InChI is InChI=1S/C21H28/c1-16-8-6-9-17(2)20(16)11-7-10-18-12-14-19(15-13-18)21(3,4)5/h6,8-9,12-15H,7,10-11H2,1-5H3/i10D2. The first-order valence-electron chi connectivity index (χ1n) is 8.77. The Morgan fingerprint density at radius 2 is 1.48 bits per heavy atom. The second-order valence-corrected chi connectivity index (χ2v) is 6.87. The third kappa shape index (κ3) is 4.20. The predicted molar refractivity (Wildman–Crippen MR) is 93.1 cm³/mol. The van der Waals surface area contributed by atoms with Crippen LogP contribution in [-0.2, 0) is 18.2 Å². The zero-order chi connectivity index (χ0) is 17.3. The molecule has 21 heavy (non-hydrogen) atoms. The van der Waals surface area contributed by atoms with Crippen LogP contribution in [0, 0.1) is 13.8 Å². The van der Waals surface area contributed by atoms with Crippen LogP contribution < -0.4 is 0 Å². The molecule has 0 radical (unpaired) electrons. The molecule has 0 spiro atoms. The summed E-state index contributed by atoms with van der Waals surface area (Å²) in [5.74, 6) is 0. The van der Waals surface area contributed by atoms with Crippen molar-refractivity contribution in [2.45, 2.75) is 59.2 Å². The maximum atomic E-state index is 8.45. The van der Waals surface area contributed by atoms with Gasteiger partial charge in [0.1, 0.15) is 0 Å². The molecule has 112 valence electrons. The molecule has 0 bridgehead atoms. The molecule has 0 amide bonds. The van der Waals surface area contributed by atoms with Gasteiger partial charge in [0.05, 0.1) is 0 Å². The Hall–Kier alpha value is -1.56. The van der Waals surface area contributed by atoms with Crippen LogP contribution in [0.5, 0.6) is 0 Å². The van der Waals surface area contributed by atoms with Gasteiger partial charge in [0, 0.05) is 2.74 Å². The smallest absolute Gasteiger partial charge is 0.0316 e. The molecule has 2 rings (SSSR count). The molecule has 0 atom stereocenters. The Balaban J connectivity index is 2.15. The molecule has 0 unspecified atom stereocenters. The third-order valence-corrected chi connectivity index (χ3v) is 4.10. The largest absolute Gasteiger partial charge is 0.0617 e. The third-order valence-electron chi connectivity index (χ3n) is 4.10. The summed E-state index contributed by atoms with van der Waals surface area (Å²) in [6.45, 7) is 10.7. The topological polar surface area (TPSA) is 0 Å². The van der Waals surface area contributed by atoms with Crippen LogP contribution in [-0.4, -0.2) is 0 Å². The van der Waals surface area contributed by atoms with Gasteiger partial charge in [-0.2, -0.15) is 0 Å². The van der Waals surface area contributed by atoms with Gasteiger partial charge >= 0.3 is 0 Å². The highest BCUT2D eigenvalue weighted by atomic mass is 14.2. The lowest BCUT2D eigenvalue weighted by atomic mass is 9.86. The Labute approximate surface area is 133 Å². The Bertz CT molecular complexity index is 641. The van der Waals surface area contributed by atoms with Crippen molar-refractivity contribution in [2.24, 2.45) is 0 Å². The lowest BCUT2D eigenvalue weighted by Gasteiger charge is -2.19. The van der Waals surface area contributed by atoms with Crippen molar-refractivity contribution < 1.29 is 2.74 Å². The van der Waals surface area contributed by atoms with E-state index in [9.17, 15) is 0 Å². The molecular weight excluding hydrogens is 252 g/mol. The van der Waals surface area contributed by atoms with Crippen molar-refractivity contribution in [3.05, 3.63) is 70.3 Å². The monoisotopic (exact) mass is 282 g/mol. The number of benzene rings is 2. The predicted octanol–water partition coefficient (Wildman–Crippen LogP) is 5.78. The highest BCUT2D eigenvalue weighted by molar-refractivity contribution is 5.34. The number of rotatable bonds is 4. The van der Waals surface area contributed by atoms with Crippen molar-refractivity contribution in [1.82, 2.24) is 0 Å². The van der Waals surface area contributed by atoms with Gasteiger partial charge in [0.2, 0.25) is 0 Å². The fourth-order valence-electron chi connectivity index (χ4n) is 2.66. The minimum atomic E-state index is -1.30. The normalized spacial score (nSPS) is 13.8. The average molecular weight is 282 g/mol. The van der Waals surface area contributed by atoms with Crippen LogP contribution in [0.15, 0.2) is 42.5 Å². The lowest BCUT2D eigenvalue weighted by molar-refractivity contribution is 0.590. The van der Waals surface area contributed by atoms with E-state index in [1.54, 1.807) is 0 Å². The fourth-order valence-corrected chi connectivity index (χ4v) is 2.66. The van der Waals surface area contributed by atoms with Gasteiger partial charge in [0.15, 0.2) is 0 Å². The maximum absolute atomic E-state index is 8.45. The first-order chi connectivity index (χ1) is 10.6. The molecule has 0 aliphatic carbocycles. The first-order valence-corrected chi connectivity index (χ1v) is 7.77. The van der Waals surface area contributed by atoms with Gasteiger partial charge in [-0.05, 0) is 66.3 Å². The molecule has 0 aliphatic heterocycles. The van der Waals surface area contributed by atoms with E-state index in [1.165, 1.54) is 22.3 Å². The van der Waals surface area contributed by atoms with Crippen molar-refractivity contribution in [1.29, 1.82) is 0 Å². The van der Waals surface area contributed by atoms with E-state index in [2.05, 4.69) is 65.0 Å². The fraction of sp³-hybridized carbons (Fsp3) is 0.429. The summed E-state index contributed by atoms with van der Waals surface area (Å²) >= 11 is 0. The quantitative estimate of drug-likeness (QED) is 0.667. The van der Waals surface area contributed by atoms with Crippen LogP contribution in [0.25, 0.3) is 0 Å². The molecule has 2 aromatic carbocycles. The number of aryl methyl sites for hydroxylation is 3. The highest BCUT2D eigenvalue weighted by Crippen LogP contribution is 2.23. The van der Waals surface area contributed by atoms with E-state index in [-0.39, 0.29) is 5.41 Å². The molecule has 0 N–H and O–H groups in total. The van der Waals surface area contributed by atoms with Crippen LogP contribution in [0.2, 0.25) is 0 Å². The van der Waals surface area contributed by atoms with Crippen molar-refractivity contribution in [2.75, 3.05) is 0 Å². The summed E-state index contributed by atoms with van der Waals surface area (Å²) in [5.41, 5.74) is 5.91. The van der Waals surface area contributed by atoms with Crippen LogP contribution in [0.1, 0.15) is 57.8 Å². The number of hydrogen-bond acceptors (Lipinski definition) is 0. The van der Waals surface area contributed by atoms with E-state index < -0.39 is 6.37 Å². The van der Waals surface area contributed by atoms with Gasteiger partial charge < -0.3 is 0 Å². The van der Waals surface area contributed by atoms with E-state index in [0.717, 1.165) is 12.0 Å². The summed E-state index contributed by atoms with van der Waals surface area (Å²) in [4.78, 5) is 0. The first kappa shape index (κ1) is 13.1. The van der Waals surface area contributed by atoms with Gasteiger partial charge in [-0.25, -0.2) is 0 Å². The van der Waals surface area contributed by atoms with Crippen molar-refractivity contribution >= 4 is 0 Å². The van der Waals surface area contributed by atoms with Gasteiger partial charge in [-0.3, -0.25) is 0 Å². The molecular formula is C21H28. The molecule has 0 saturated heterocycles. The van der Waals surface area contributed by atoms with Crippen molar-refractivity contribution in [3.8, 4) is 0 Å². The zero-order valence-corrected chi connectivity index (χ0v) is 14.0. The SMILES string of the molecule is [2H]C([2H])(CCc1c(C)cccc1C)c1ccc(C(C)(C)C)cc1. The highest BCUT2D eigenvalue weighted by Gasteiger charge is 2.12. The van der Waals surface area contributed by atoms with Crippen LogP contribution in [0.3, 0.4) is 0 Å². The van der Waals surface area contributed by atoms with E-state index in [4.69, 9.17) is 2.74 Å².